The van der Waals surface area contributed by atoms with Gasteiger partial charge in [0.2, 0.25) is 0 Å². The molecule has 0 radical (unpaired) electrons. The van der Waals surface area contributed by atoms with Crippen molar-refractivity contribution < 1.29 is 9.53 Å². The summed E-state index contributed by atoms with van der Waals surface area (Å²) in [4.78, 5) is 14.7. The van der Waals surface area contributed by atoms with Crippen molar-refractivity contribution in [1.82, 2.24) is 15.5 Å². The summed E-state index contributed by atoms with van der Waals surface area (Å²) in [6.45, 7) is 9.55. The molecule has 0 aliphatic carbocycles. The summed E-state index contributed by atoms with van der Waals surface area (Å²) in [5.41, 5.74) is 0.581. The third-order valence-electron chi connectivity index (χ3n) is 3.47. The molecule has 23 heavy (non-hydrogen) atoms. The van der Waals surface area contributed by atoms with Gasteiger partial charge in [-0.05, 0) is 32.0 Å². The van der Waals surface area contributed by atoms with E-state index in [2.05, 4.69) is 31.5 Å². The largest absolute Gasteiger partial charge is 0.490 e. The van der Waals surface area contributed by atoms with Crippen LogP contribution in [-0.4, -0.2) is 56.2 Å². The Bertz CT molecular complexity index is 508. The highest BCUT2D eigenvalue weighted by Crippen LogP contribution is 2.24. The van der Waals surface area contributed by atoms with Crippen molar-refractivity contribution in [3.8, 4) is 5.75 Å². The van der Waals surface area contributed by atoms with E-state index in [-0.39, 0.29) is 24.4 Å². The number of carbonyl (C=O) groups excluding carboxylic acids is 1. The third-order valence-corrected chi connectivity index (χ3v) is 3.97. The Labute approximate surface area is 152 Å². The SMILES string of the molecule is CC(C)Oc1cc(Br)ccc1C(=O)NCCN1CCNCC1.Cl. The van der Waals surface area contributed by atoms with E-state index < -0.39 is 0 Å². The number of amides is 1. The van der Waals surface area contributed by atoms with Gasteiger partial charge in [0.25, 0.3) is 5.91 Å². The van der Waals surface area contributed by atoms with Gasteiger partial charge in [0, 0.05) is 43.7 Å². The summed E-state index contributed by atoms with van der Waals surface area (Å²) in [6.07, 6.45) is 0.0294. The number of hydrogen-bond donors (Lipinski definition) is 2. The van der Waals surface area contributed by atoms with Crippen LogP contribution in [-0.2, 0) is 0 Å². The van der Waals surface area contributed by atoms with Gasteiger partial charge in [0.05, 0.1) is 11.7 Å². The molecular weight excluding hydrogens is 382 g/mol. The van der Waals surface area contributed by atoms with Gasteiger partial charge in [-0.25, -0.2) is 0 Å². The number of ether oxygens (including phenoxy) is 1. The second kappa shape index (κ2) is 10.1. The highest BCUT2D eigenvalue weighted by molar-refractivity contribution is 9.10. The van der Waals surface area contributed by atoms with Crippen molar-refractivity contribution in [2.75, 3.05) is 39.3 Å². The van der Waals surface area contributed by atoms with Gasteiger partial charge in [0.1, 0.15) is 5.75 Å². The zero-order valence-corrected chi connectivity index (χ0v) is 16.0. The van der Waals surface area contributed by atoms with E-state index in [4.69, 9.17) is 4.74 Å². The van der Waals surface area contributed by atoms with Crippen LogP contribution in [0.1, 0.15) is 24.2 Å². The second-order valence-corrected chi connectivity index (χ2v) is 6.57. The van der Waals surface area contributed by atoms with Gasteiger partial charge in [0.15, 0.2) is 0 Å². The van der Waals surface area contributed by atoms with Crippen LogP contribution < -0.4 is 15.4 Å². The maximum absolute atomic E-state index is 12.4. The number of nitrogens with one attached hydrogen (secondary N) is 2. The zero-order valence-electron chi connectivity index (χ0n) is 13.6. The van der Waals surface area contributed by atoms with Crippen LogP contribution >= 0.6 is 28.3 Å². The number of rotatable bonds is 6. The lowest BCUT2D eigenvalue weighted by Gasteiger charge is -2.27. The normalized spacial score (nSPS) is 15.1. The average molecular weight is 407 g/mol. The van der Waals surface area contributed by atoms with E-state index in [0.29, 0.717) is 17.9 Å². The minimum absolute atomic E-state index is 0. The van der Waals surface area contributed by atoms with Crippen LogP contribution in [0.2, 0.25) is 0 Å². The lowest BCUT2D eigenvalue weighted by atomic mass is 10.2. The maximum atomic E-state index is 12.4. The van der Waals surface area contributed by atoms with Crippen molar-refractivity contribution in [2.45, 2.75) is 20.0 Å². The fourth-order valence-electron chi connectivity index (χ4n) is 2.39. The van der Waals surface area contributed by atoms with Crippen LogP contribution in [0.3, 0.4) is 0 Å². The molecule has 2 rings (SSSR count). The van der Waals surface area contributed by atoms with Gasteiger partial charge in [-0.15, -0.1) is 12.4 Å². The molecule has 0 atom stereocenters. The standard InChI is InChI=1S/C16H24BrN3O2.ClH/c1-12(2)22-15-11-13(17)3-4-14(15)16(21)19-7-10-20-8-5-18-6-9-20;/h3-4,11-12,18H,5-10H2,1-2H3,(H,19,21);1H. The van der Waals surface area contributed by atoms with Crippen molar-refractivity contribution in [2.24, 2.45) is 0 Å². The Morgan fingerprint density at radius 1 is 1.39 bits per heavy atom. The molecule has 1 heterocycles. The van der Waals surface area contributed by atoms with Crippen molar-refractivity contribution >= 4 is 34.2 Å². The molecule has 5 nitrogen and oxygen atoms in total. The minimum atomic E-state index is -0.0849. The number of carbonyl (C=O) groups is 1. The zero-order chi connectivity index (χ0) is 15.9. The van der Waals surface area contributed by atoms with Gasteiger partial charge in [-0.3, -0.25) is 9.69 Å². The fraction of sp³-hybridized carbons (Fsp3) is 0.562. The number of piperazine rings is 1. The molecular formula is C16H25BrClN3O2. The molecule has 0 bridgehead atoms. The average Bonchev–Trinajstić information content (AvgIpc) is 2.47. The quantitative estimate of drug-likeness (QED) is 0.761. The molecule has 1 aromatic carbocycles. The van der Waals surface area contributed by atoms with Crippen LogP contribution in [0.4, 0.5) is 0 Å². The molecule has 1 amide bonds. The number of halogens is 2. The number of nitrogens with zero attached hydrogens (tertiary/aromatic N) is 1. The summed E-state index contributed by atoms with van der Waals surface area (Å²) in [5.74, 6) is 0.530. The molecule has 1 aliphatic rings. The molecule has 1 saturated heterocycles. The number of benzene rings is 1. The van der Waals surface area contributed by atoms with Gasteiger partial charge in [-0.1, -0.05) is 15.9 Å². The molecule has 1 aromatic rings. The Morgan fingerprint density at radius 3 is 2.74 bits per heavy atom. The van der Waals surface area contributed by atoms with Gasteiger partial charge < -0.3 is 15.4 Å². The van der Waals surface area contributed by atoms with E-state index in [1.807, 2.05) is 26.0 Å². The lowest BCUT2D eigenvalue weighted by molar-refractivity contribution is 0.0941. The Morgan fingerprint density at radius 2 is 2.09 bits per heavy atom. The Hall–Kier alpha value is -0.820. The molecule has 2 N–H and O–H groups in total. The monoisotopic (exact) mass is 405 g/mol. The summed E-state index contributed by atoms with van der Waals surface area (Å²) in [5, 5.41) is 6.30. The first-order chi connectivity index (χ1) is 10.6. The predicted molar refractivity (Wildman–Crippen MR) is 98.8 cm³/mol. The van der Waals surface area contributed by atoms with E-state index in [9.17, 15) is 4.79 Å². The molecule has 130 valence electrons. The van der Waals surface area contributed by atoms with E-state index in [0.717, 1.165) is 37.2 Å². The van der Waals surface area contributed by atoms with E-state index in [1.165, 1.54) is 0 Å². The highest BCUT2D eigenvalue weighted by atomic mass is 79.9. The predicted octanol–water partition coefficient (Wildman–Crippen LogP) is 2.29. The Balaban J connectivity index is 0.00000264. The molecule has 7 heteroatoms. The van der Waals surface area contributed by atoms with Crippen LogP contribution in [0.5, 0.6) is 5.75 Å². The van der Waals surface area contributed by atoms with Crippen LogP contribution in [0.25, 0.3) is 0 Å². The number of hydrogen-bond acceptors (Lipinski definition) is 4. The topological polar surface area (TPSA) is 53.6 Å². The lowest BCUT2D eigenvalue weighted by Crippen LogP contribution is -2.46. The first-order valence-corrected chi connectivity index (χ1v) is 8.53. The second-order valence-electron chi connectivity index (χ2n) is 5.65. The molecule has 1 fully saturated rings. The highest BCUT2D eigenvalue weighted by Gasteiger charge is 2.15. The van der Waals surface area contributed by atoms with Crippen LogP contribution in [0, 0.1) is 0 Å². The first-order valence-electron chi connectivity index (χ1n) is 7.74. The summed E-state index contributed by atoms with van der Waals surface area (Å²) in [7, 11) is 0. The van der Waals surface area contributed by atoms with Crippen molar-refractivity contribution in [3.63, 3.8) is 0 Å². The Kier molecular flexibility index (Phi) is 8.91. The van der Waals surface area contributed by atoms with E-state index >= 15 is 0 Å². The third kappa shape index (κ3) is 6.67. The summed E-state index contributed by atoms with van der Waals surface area (Å²) < 4.78 is 6.64. The van der Waals surface area contributed by atoms with Gasteiger partial charge in [-0.2, -0.15) is 0 Å². The molecule has 0 unspecified atom stereocenters. The van der Waals surface area contributed by atoms with Gasteiger partial charge >= 0.3 is 0 Å². The van der Waals surface area contributed by atoms with Crippen molar-refractivity contribution in [3.05, 3.63) is 28.2 Å². The maximum Gasteiger partial charge on any atom is 0.255 e. The van der Waals surface area contributed by atoms with E-state index in [1.54, 1.807) is 6.07 Å². The fourth-order valence-corrected chi connectivity index (χ4v) is 2.73. The van der Waals surface area contributed by atoms with Crippen LogP contribution in [0.15, 0.2) is 22.7 Å². The van der Waals surface area contributed by atoms with Crippen molar-refractivity contribution in [1.29, 1.82) is 0 Å². The summed E-state index contributed by atoms with van der Waals surface area (Å²) >= 11 is 3.42. The molecule has 1 aliphatic heterocycles. The molecule has 0 spiro atoms. The molecule has 0 saturated carbocycles. The first kappa shape index (κ1) is 20.2. The summed E-state index contributed by atoms with van der Waals surface area (Å²) in [6, 6.07) is 5.49. The minimum Gasteiger partial charge on any atom is -0.490 e. The smallest absolute Gasteiger partial charge is 0.255 e. The molecule has 0 aromatic heterocycles.